The van der Waals surface area contributed by atoms with E-state index in [4.69, 9.17) is 4.74 Å². The molecule has 0 radical (unpaired) electrons. The van der Waals surface area contributed by atoms with Crippen LogP contribution in [0, 0.1) is 23.3 Å². The number of likely N-dealkylation sites (tertiary alicyclic amines) is 1. The summed E-state index contributed by atoms with van der Waals surface area (Å²) in [6, 6.07) is -0.0370. The van der Waals surface area contributed by atoms with E-state index in [1.807, 2.05) is 6.92 Å². The number of alkyl carbamates (subject to hydrolysis) is 1. The van der Waals surface area contributed by atoms with Gasteiger partial charge in [0.15, 0.2) is 29.2 Å². The summed E-state index contributed by atoms with van der Waals surface area (Å²) in [6.07, 6.45) is 0.0757. The van der Waals surface area contributed by atoms with Gasteiger partial charge in [0.2, 0.25) is 0 Å². The number of aliphatic imine (C=N–C) groups is 1. The van der Waals surface area contributed by atoms with Crippen LogP contribution < -0.4 is 10.6 Å². The minimum Gasteiger partial charge on any atom is -0.444 e. The van der Waals surface area contributed by atoms with Crippen LogP contribution in [-0.2, 0) is 11.3 Å². The Hall–Kier alpha value is -1.79. The Bertz CT molecular complexity index is 761. The number of guanidine groups is 1. The van der Waals surface area contributed by atoms with Crippen LogP contribution in [0.2, 0.25) is 0 Å². The SMILES string of the molecule is CCNC(=NCc1c(F)c(F)cc(F)c1F)N1CC[C@@H](NC(=O)OC(C)(C)C)C1.I. The molecule has 11 heteroatoms. The average Bonchev–Trinajstić information content (AvgIpc) is 3.05. The van der Waals surface area contributed by atoms with Crippen LogP contribution in [0.25, 0.3) is 0 Å². The number of amides is 1. The van der Waals surface area contributed by atoms with Crippen molar-refractivity contribution >= 4 is 36.0 Å². The summed E-state index contributed by atoms with van der Waals surface area (Å²) < 4.78 is 59.7. The van der Waals surface area contributed by atoms with E-state index in [1.165, 1.54) is 0 Å². The molecule has 170 valence electrons. The molecule has 6 nitrogen and oxygen atoms in total. The molecule has 30 heavy (non-hydrogen) atoms. The largest absolute Gasteiger partial charge is 0.444 e. The number of nitrogens with zero attached hydrogens (tertiary/aromatic N) is 2. The first-order valence-corrected chi connectivity index (χ1v) is 9.36. The molecule has 1 atom stereocenters. The van der Waals surface area contributed by atoms with Gasteiger partial charge >= 0.3 is 6.09 Å². The number of ether oxygens (including phenoxy) is 1. The number of hydrogen-bond donors (Lipinski definition) is 2. The van der Waals surface area contributed by atoms with Crippen molar-refractivity contribution in [3.05, 3.63) is 34.9 Å². The molecule has 1 saturated heterocycles. The van der Waals surface area contributed by atoms with Gasteiger partial charge in [-0.15, -0.1) is 24.0 Å². The van der Waals surface area contributed by atoms with Crippen molar-refractivity contribution in [3.63, 3.8) is 0 Å². The quantitative estimate of drug-likeness (QED) is 0.198. The third-order valence-corrected chi connectivity index (χ3v) is 4.13. The normalized spacial score (nSPS) is 16.9. The first-order valence-electron chi connectivity index (χ1n) is 9.36. The fraction of sp³-hybridized carbons (Fsp3) is 0.579. The lowest BCUT2D eigenvalue weighted by Gasteiger charge is -2.23. The molecule has 1 aliphatic heterocycles. The second-order valence-corrected chi connectivity index (χ2v) is 7.69. The van der Waals surface area contributed by atoms with Gasteiger partial charge in [-0.2, -0.15) is 0 Å². The van der Waals surface area contributed by atoms with Gasteiger partial charge in [-0.05, 0) is 34.1 Å². The Morgan fingerprint density at radius 1 is 1.23 bits per heavy atom. The summed E-state index contributed by atoms with van der Waals surface area (Å²) in [5.74, 6) is -5.54. The van der Waals surface area contributed by atoms with Crippen LogP contribution in [-0.4, -0.2) is 48.2 Å². The fourth-order valence-corrected chi connectivity index (χ4v) is 2.89. The predicted octanol–water partition coefficient (Wildman–Crippen LogP) is 3.93. The molecule has 0 aromatic heterocycles. The van der Waals surface area contributed by atoms with Gasteiger partial charge in [0, 0.05) is 25.7 Å². The predicted molar refractivity (Wildman–Crippen MR) is 116 cm³/mol. The third kappa shape index (κ3) is 7.17. The van der Waals surface area contributed by atoms with Gasteiger partial charge in [0.1, 0.15) is 5.60 Å². The number of halogens is 5. The molecule has 2 rings (SSSR count). The Labute approximate surface area is 190 Å². The van der Waals surface area contributed by atoms with Crippen molar-refractivity contribution in [1.29, 1.82) is 0 Å². The van der Waals surface area contributed by atoms with E-state index in [0.29, 0.717) is 32.0 Å². The van der Waals surface area contributed by atoms with Crippen molar-refractivity contribution < 1.29 is 27.1 Å². The number of hydrogen-bond acceptors (Lipinski definition) is 3. The van der Waals surface area contributed by atoms with Crippen molar-refractivity contribution in [3.8, 4) is 0 Å². The van der Waals surface area contributed by atoms with E-state index < -0.39 is 47.1 Å². The van der Waals surface area contributed by atoms with Gasteiger partial charge < -0.3 is 20.3 Å². The first-order chi connectivity index (χ1) is 13.5. The number of benzene rings is 1. The van der Waals surface area contributed by atoms with E-state index in [1.54, 1.807) is 25.7 Å². The number of nitrogens with one attached hydrogen (secondary N) is 2. The zero-order valence-corrected chi connectivity index (χ0v) is 19.7. The van der Waals surface area contributed by atoms with E-state index in [0.717, 1.165) is 0 Å². The van der Waals surface area contributed by atoms with Crippen molar-refractivity contribution in [2.45, 2.75) is 52.3 Å². The first kappa shape index (κ1) is 26.2. The molecule has 1 aromatic carbocycles. The van der Waals surface area contributed by atoms with Crippen molar-refractivity contribution in [1.82, 2.24) is 15.5 Å². The summed E-state index contributed by atoms with van der Waals surface area (Å²) in [5, 5.41) is 5.74. The van der Waals surface area contributed by atoms with Crippen molar-refractivity contribution in [2.24, 2.45) is 4.99 Å². The summed E-state index contributed by atoms with van der Waals surface area (Å²) in [7, 11) is 0. The van der Waals surface area contributed by atoms with Crippen LogP contribution in [0.1, 0.15) is 39.7 Å². The van der Waals surface area contributed by atoms with E-state index in [2.05, 4.69) is 15.6 Å². The average molecular weight is 546 g/mol. The molecule has 0 bridgehead atoms. The maximum absolute atomic E-state index is 13.9. The molecule has 2 N–H and O–H groups in total. The van der Waals surface area contributed by atoms with E-state index in [9.17, 15) is 22.4 Å². The maximum atomic E-state index is 13.9. The zero-order valence-electron chi connectivity index (χ0n) is 17.3. The van der Waals surface area contributed by atoms with E-state index >= 15 is 0 Å². The molecule has 0 spiro atoms. The van der Waals surface area contributed by atoms with Crippen LogP contribution in [0.5, 0.6) is 0 Å². The third-order valence-electron chi connectivity index (χ3n) is 4.13. The molecule has 0 aliphatic carbocycles. The van der Waals surface area contributed by atoms with Gasteiger partial charge in [-0.1, -0.05) is 0 Å². The monoisotopic (exact) mass is 546 g/mol. The fourth-order valence-electron chi connectivity index (χ4n) is 2.89. The Morgan fingerprint density at radius 2 is 1.83 bits per heavy atom. The Balaban J connectivity index is 0.00000450. The standard InChI is InChI=1S/C19H26F4N4O2.HI/c1-5-24-17(25-9-12-15(22)13(20)8-14(21)16(12)23)27-7-6-11(10-27)26-18(28)29-19(2,3)4;/h8,11H,5-7,9-10H2,1-4H3,(H,24,25)(H,26,28);1H/t11-;/m1./s1. The summed E-state index contributed by atoms with van der Waals surface area (Å²) in [6.45, 7) is 7.91. The molecule has 0 saturated carbocycles. The van der Waals surface area contributed by atoms with E-state index in [-0.39, 0.29) is 36.1 Å². The molecule has 1 amide bonds. The van der Waals surface area contributed by atoms with Crippen LogP contribution >= 0.6 is 24.0 Å². The van der Waals surface area contributed by atoms with Gasteiger partial charge in [-0.3, -0.25) is 0 Å². The van der Waals surface area contributed by atoms with Crippen molar-refractivity contribution in [2.75, 3.05) is 19.6 Å². The molecular formula is C19H27F4IN4O2. The smallest absolute Gasteiger partial charge is 0.407 e. The highest BCUT2D eigenvalue weighted by molar-refractivity contribution is 14.0. The highest BCUT2D eigenvalue weighted by Crippen LogP contribution is 2.20. The van der Waals surface area contributed by atoms with Gasteiger partial charge in [-0.25, -0.2) is 27.3 Å². The van der Waals surface area contributed by atoms with Gasteiger partial charge in [0.25, 0.3) is 0 Å². The second-order valence-electron chi connectivity index (χ2n) is 7.69. The zero-order chi connectivity index (χ0) is 21.8. The number of carbonyl (C=O) groups excluding carboxylic acids is 1. The lowest BCUT2D eigenvalue weighted by Crippen LogP contribution is -2.44. The van der Waals surface area contributed by atoms with Crippen LogP contribution in [0.4, 0.5) is 22.4 Å². The highest BCUT2D eigenvalue weighted by atomic mass is 127. The molecule has 0 unspecified atom stereocenters. The number of rotatable bonds is 4. The minimum atomic E-state index is -1.47. The minimum absolute atomic E-state index is 0. The maximum Gasteiger partial charge on any atom is 0.407 e. The molecule has 1 aromatic rings. The van der Waals surface area contributed by atoms with Crippen LogP contribution in [0.15, 0.2) is 11.1 Å². The molecule has 1 heterocycles. The summed E-state index contributed by atoms with van der Waals surface area (Å²) >= 11 is 0. The highest BCUT2D eigenvalue weighted by Gasteiger charge is 2.28. The summed E-state index contributed by atoms with van der Waals surface area (Å²) in [4.78, 5) is 17.8. The topological polar surface area (TPSA) is 66.0 Å². The van der Waals surface area contributed by atoms with Gasteiger partial charge in [0.05, 0.1) is 18.2 Å². The lowest BCUT2D eigenvalue weighted by molar-refractivity contribution is 0.0507. The second kappa shape index (κ2) is 11.0. The Morgan fingerprint density at radius 3 is 2.37 bits per heavy atom. The Kier molecular flexibility index (Phi) is 9.63. The molecule has 1 fully saturated rings. The summed E-state index contributed by atoms with van der Waals surface area (Å²) in [5.41, 5.74) is -1.40. The number of carbonyl (C=O) groups is 1. The molecule has 1 aliphatic rings. The lowest BCUT2D eigenvalue weighted by atomic mass is 10.2. The molecular weight excluding hydrogens is 519 g/mol. The van der Waals surface area contributed by atoms with Crippen LogP contribution in [0.3, 0.4) is 0 Å².